The fourth-order valence-electron chi connectivity index (χ4n) is 1.96. The molecule has 3 rings (SSSR count). The van der Waals surface area contributed by atoms with Crippen molar-refractivity contribution in [2.45, 2.75) is 5.75 Å². The van der Waals surface area contributed by atoms with E-state index in [-0.39, 0.29) is 5.56 Å². The van der Waals surface area contributed by atoms with Gasteiger partial charge in [0.25, 0.3) is 5.56 Å². The second-order valence-corrected chi connectivity index (χ2v) is 6.42. The number of hydrogen-bond acceptors (Lipinski definition) is 4. The van der Waals surface area contributed by atoms with Crippen LogP contribution >= 0.6 is 23.1 Å². The largest absolute Gasteiger partial charge is 0.309 e. The predicted molar refractivity (Wildman–Crippen MR) is 91.9 cm³/mol. The molecular weight excluding hydrogens is 300 g/mol. The maximum Gasteiger partial charge on any atom is 0.268 e. The van der Waals surface area contributed by atoms with Gasteiger partial charge in [-0.1, -0.05) is 42.5 Å². The van der Waals surface area contributed by atoms with E-state index in [1.165, 1.54) is 16.9 Å². The van der Waals surface area contributed by atoms with Crippen molar-refractivity contribution in [3.05, 3.63) is 69.6 Å². The molecule has 0 saturated heterocycles. The fraction of sp³-hybridized carbons (Fsp3) is 0.125. The second-order valence-electron chi connectivity index (χ2n) is 4.48. The first-order valence-electron chi connectivity index (χ1n) is 6.59. The maximum absolute atomic E-state index is 11.8. The molecule has 0 aliphatic heterocycles. The van der Waals surface area contributed by atoms with Gasteiger partial charge in [-0.3, -0.25) is 4.79 Å². The number of hydrogen-bond donors (Lipinski definition) is 1. The van der Waals surface area contributed by atoms with Crippen molar-refractivity contribution in [2.75, 3.05) is 5.75 Å². The van der Waals surface area contributed by atoms with Crippen LogP contribution in [0.15, 0.2) is 52.6 Å². The number of thiophene rings is 1. The molecule has 0 fully saturated rings. The normalized spacial score (nSPS) is 11.4. The topological polar surface area (TPSA) is 45.8 Å². The zero-order valence-corrected chi connectivity index (χ0v) is 12.9. The first kappa shape index (κ1) is 14.1. The Labute approximate surface area is 130 Å². The van der Waals surface area contributed by atoms with Crippen LogP contribution in [0.2, 0.25) is 0 Å². The summed E-state index contributed by atoms with van der Waals surface area (Å²) in [6, 6.07) is 12.1. The molecule has 106 valence electrons. The summed E-state index contributed by atoms with van der Waals surface area (Å²) in [6.07, 6.45) is 4.23. The monoisotopic (exact) mass is 314 g/mol. The van der Waals surface area contributed by atoms with Gasteiger partial charge >= 0.3 is 0 Å². The molecule has 0 aliphatic rings. The van der Waals surface area contributed by atoms with Crippen LogP contribution in [0.1, 0.15) is 11.4 Å². The number of aromatic amines is 1. The summed E-state index contributed by atoms with van der Waals surface area (Å²) in [4.78, 5) is 19.1. The lowest BCUT2D eigenvalue weighted by atomic mass is 10.2. The lowest BCUT2D eigenvalue weighted by molar-refractivity contribution is 1.04. The van der Waals surface area contributed by atoms with E-state index in [1.807, 2.05) is 29.6 Å². The molecule has 0 saturated carbocycles. The Balaban J connectivity index is 1.57. The number of nitrogens with one attached hydrogen (secondary N) is 1. The van der Waals surface area contributed by atoms with Gasteiger partial charge in [0.15, 0.2) is 0 Å². The van der Waals surface area contributed by atoms with Gasteiger partial charge in [0.2, 0.25) is 0 Å². The van der Waals surface area contributed by atoms with Crippen LogP contribution in [0.4, 0.5) is 0 Å². The van der Waals surface area contributed by atoms with E-state index >= 15 is 0 Å². The van der Waals surface area contributed by atoms with Crippen molar-refractivity contribution in [2.24, 2.45) is 0 Å². The Morgan fingerprint density at radius 1 is 1.24 bits per heavy atom. The Morgan fingerprint density at radius 3 is 2.95 bits per heavy atom. The van der Waals surface area contributed by atoms with Crippen LogP contribution in [0, 0.1) is 0 Å². The van der Waals surface area contributed by atoms with Gasteiger partial charge in [0.1, 0.15) is 10.5 Å². The molecular formula is C16H14N2OS2. The predicted octanol–water partition coefficient (Wildman–Crippen LogP) is 3.93. The molecule has 0 radical (unpaired) electrons. The molecule has 0 aliphatic carbocycles. The highest BCUT2D eigenvalue weighted by Gasteiger charge is 2.04. The van der Waals surface area contributed by atoms with E-state index in [0.717, 1.165) is 17.1 Å². The third-order valence-electron chi connectivity index (χ3n) is 2.93. The Hall–Kier alpha value is -1.85. The molecule has 5 heteroatoms. The molecule has 2 aromatic heterocycles. The number of rotatable bonds is 5. The highest BCUT2D eigenvalue weighted by molar-refractivity contribution is 7.98. The summed E-state index contributed by atoms with van der Waals surface area (Å²) in [6.45, 7) is 0. The summed E-state index contributed by atoms with van der Waals surface area (Å²) < 4.78 is 0.702. The van der Waals surface area contributed by atoms with E-state index in [4.69, 9.17) is 0 Å². The van der Waals surface area contributed by atoms with Gasteiger partial charge in [0.05, 0.1) is 11.3 Å². The minimum Gasteiger partial charge on any atom is -0.309 e. The van der Waals surface area contributed by atoms with Crippen LogP contribution in [0.3, 0.4) is 0 Å². The van der Waals surface area contributed by atoms with Crippen molar-refractivity contribution in [3.63, 3.8) is 0 Å². The van der Waals surface area contributed by atoms with E-state index in [1.54, 1.807) is 11.8 Å². The van der Waals surface area contributed by atoms with Gasteiger partial charge in [-0.15, -0.1) is 23.1 Å². The molecule has 0 amide bonds. The third kappa shape index (κ3) is 3.62. The van der Waals surface area contributed by atoms with Crippen LogP contribution in [0.25, 0.3) is 16.3 Å². The zero-order valence-electron chi connectivity index (χ0n) is 11.3. The number of benzene rings is 1. The summed E-state index contributed by atoms with van der Waals surface area (Å²) >= 11 is 3.16. The highest BCUT2D eigenvalue weighted by atomic mass is 32.2. The van der Waals surface area contributed by atoms with Gasteiger partial charge in [-0.05, 0) is 17.0 Å². The van der Waals surface area contributed by atoms with Crippen molar-refractivity contribution in [3.8, 4) is 0 Å². The number of H-pyrrole nitrogens is 1. The van der Waals surface area contributed by atoms with Crippen LogP contribution in [-0.2, 0) is 5.75 Å². The minimum absolute atomic E-state index is 0.0366. The van der Waals surface area contributed by atoms with Crippen molar-refractivity contribution >= 4 is 39.4 Å². The number of fused-ring (bicyclic) bond motifs is 1. The number of aromatic nitrogens is 2. The molecule has 2 heterocycles. The maximum atomic E-state index is 11.8. The summed E-state index contributed by atoms with van der Waals surface area (Å²) in [5.74, 6) is 2.34. The van der Waals surface area contributed by atoms with Crippen LogP contribution < -0.4 is 5.56 Å². The fourth-order valence-corrected chi connectivity index (χ4v) is 3.37. The van der Waals surface area contributed by atoms with Gasteiger partial charge in [-0.25, -0.2) is 4.98 Å². The average molecular weight is 314 g/mol. The van der Waals surface area contributed by atoms with Gasteiger partial charge in [0, 0.05) is 5.75 Å². The first-order valence-corrected chi connectivity index (χ1v) is 8.62. The minimum atomic E-state index is -0.0366. The van der Waals surface area contributed by atoms with E-state index < -0.39 is 0 Å². The summed E-state index contributed by atoms with van der Waals surface area (Å²) in [7, 11) is 0. The van der Waals surface area contributed by atoms with E-state index in [0.29, 0.717) is 10.5 Å². The zero-order chi connectivity index (χ0) is 14.5. The second kappa shape index (κ2) is 6.74. The van der Waals surface area contributed by atoms with Crippen molar-refractivity contribution < 1.29 is 0 Å². The molecule has 0 spiro atoms. The molecule has 0 unspecified atom stereocenters. The molecule has 3 aromatic rings. The molecule has 21 heavy (non-hydrogen) atoms. The average Bonchev–Trinajstić information content (AvgIpc) is 2.97. The third-order valence-corrected chi connectivity index (χ3v) is 4.73. The number of nitrogens with zero attached hydrogens (tertiary/aromatic N) is 1. The van der Waals surface area contributed by atoms with Crippen molar-refractivity contribution in [1.82, 2.24) is 9.97 Å². The van der Waals surface area contributed by atoms with Gasteiger partial charge in [-0.2, -0.15) is 0 Å². The Kier molecular flexibility index (Phi) is 4.52. The lowest BCUT2D eigenvalue weighted by Gasteiger charge is -1.99. The number of thioether (sulfide) groups is 1. The highest BCUT2D eigenvalue weighted by Crippen LogP contribution is 2.16. The van der Waals surface area contributed by atoms with Crippen molar-refractivity contribution in [1.29, 1.82) is 0 Å². The first-order chi connectivity index (χ1) is 10.3. The molecule has 3 nitrogen and oxygen atoms in total. The Bertz CT molecular complexity index is 806. The van der Waals surface area contributed by atoms with Crippen LogP contribution in [-0.4, -0.2) is 15.7 Å². The summed E-state index contributed by atoms with van der Waals surface area (Å²) in [5.41, 5.74) is 1.95. The smallest absolute Gasteiger partial charge is 0.268 e. The molecule has 1 N–H and O–H groups in total. The molecule has 0 bridgehead atoms. The SMILES string of the molecule is O=c1[nH]c(CSCC=Cc2ccccc2)nc2ccsc12. The lowest BCUT2D eigenvalue weighted by Crippen LogP contribution is -2.09. The molecule has 1 aromatic carbocycles. The quantitative estimate of drug-likeness (QED) is 0.726. The molecule has 0 atom stereocenters. The Morgan fingerprint density at radius 2 is 2.10 bits per heavy atom. The summed E-state index contributed by atoms with van der Waals surface area (Å²) in [5, 5.41) is 1.90. The van der Waals surface area contributed by atoms with E-state index in [2.05, 4.69) is 34.3 Å². The standard InChI is InChI=1S/C16H14N2OS2/c19-16-15-13(8-10-21-15)17-14(18-16)11-20-9-4-7-12-5-2-1-3-6-12/h1-8,10H,9,11H2,(H,17,18,19). The van der Waals surface area contributed by atoms with Gasteiger partial charge < -0.3 is 4.98 Å². The van der Waals surface area contributed by atoms with Crippen LogP contribution in [0.5, 0.6) is 0 Å². The van der Waals surface area contributed by atoms with E-state index in [9.17, 15) is 4.79 Å².